The van der Waals surface area contributed by atoms with Crippen molar-refractivity contribution in [3.8, 4) is 0 Å². The van der Waals surface area contributed by atoms with E-state index in [0.29, 0.717) is 24.4 Å². The van der Waals surface area contributed by atoms with Crippen molar-refractivity contribution in [3.63, 3.8) is 0 Å². The first kappa shape index (κ1) is 13.1. The summed E-state index contributed by atoms with van der Waals surface area (Å²) in [5.41, 5.74) is 1.38. The highest BCUT2D eigenvalue weighted by Crippen LogP contribution is 2.41. The minimum atomic E-state index is 0.501. The SMILES string of the molecule is CCNC(c1ccn(Cc2nc(C3CC3)no2)c1)C1CC1. The average molecular weight is 286 g/mol. The molecule has 2 aromatic heterocycles. The fraction of sp³-hybridized carbons (Fsp3) is 0.625. The highest BCUT2D eigenvalue weighted by molar-refractivity contribution is 5.19. The normalized spacial score (nSPS) is 19.9. The van der Waals surface area contributed by atoms with Gasteiger partial charge < -0.3 is 14.4 Å². The smallest absolute Gasteiger partial charge is 0.246 e. The third-order valence-electron chi connectivity index (χ3n) is 4.39. The second-order valence-corrected chi connectivity index (χ2v) is 6.31. The fourth-order valence-corrected chi connectivity index (χ4v) is 2.94. The Balaban J connectivity index is 1.45. The van der Waals surface area contributed by atoms with Gasteiger partial charge in [0.25, 0.3) is 0 Å². The van der Waals surface area contributed by atoms with Gasteiger partial charge in [-0.3, -0.25) is 0 Å². The van der Waals surface area contributed by atoms with E-state index in [2.05, 4.69) is 45.4 Å². The molecule has 0 saturated heterocycles. The highest BCUT2D eigenvalue weighted by Gasteiger charge is 2.32. The van der Waals surface area contributed by atoms with Crippen LogP contribution >= 0.6 is 0 Å². The van der Waals surface area contributed by atoms with Crippen molar-refractivity contribution in [1.82, 2.24) is 20.0 Å². The number of nitrogens with one attached hydrogen (secondary N) is 1. The molecule has 1 N–H and O–H groups in total. The molecule has 1 atom stereocenters. The average Bonchev–Trinajstić information content (AvgIpc) is 3.41. The van der Waals surface area contributed by atoms with Crippen LogP contribution in [0.1, 0.15) is 61.8 Å². The molecule has 2 saturated carbocycles. The molecule has 0 amide bonds. The summed E-state index contributed by atoms with van der Waals surface area (Å²) in [5, 5.41) is 7.67. The van der Waals surface area contributed by atoms with Gasteiger partial charge in [0.15, 0.2) is 5.82 Å². The second kappa shape index (κ2) is 5.30. The molecule has 21 heavy (non-hydrogen) atoms. The number of hydrogen-bond acceptors (Lipinski definition) is 4. The van der Waals surface area contributed by atoms with E-state index in [1.807, 2.05) is 0 Å². The van der Waals surface area contributed by atoms with Crippen molar-refractivity contribution in [2.24, 2.45) is 5.92 Å². The van der Waals surface area contributed by atoms with E-state index in [1.165, 1.54) is 31.2 Å². The number of rotatable bonds is 7. The molecule has 0 bridgehead atoms. The summed E-state index contributed by atoms with van der Waals surface area (Å²) in [5.74, 6) is 2.97. The Morgan fingerprint density at radius 1 is 1.38 bits per heavy atom. The molecule has 0 aromatic carbocycles. The van der Waals surface area contributed by atoms with Crippen molar-refractivity contribution in [2.45, 2.75) is 51.1 Å². The summed E-state index contributed by atoms with van der Waals surface area (Å²) < 4.78 is 7.49. The van der Waals surface area contributed by atoms with Crippen molar-refractivity contribution in [2.75, 3.05) is 6.54 Å². The van der Waals surface area contributed by atoms with Crippen LogP contribution in [-0.2, 0) is 6.54 Å². The lowest BCUT2D eigenvalue weighted by Crippen LogP contribution is -2.22. The van der Waals surface area contributed by atoms with E-state index in [9.17, 15) is 0 Å². The summed E-state index contributed by atoms with van der Waals surface area (Å²) in [4.78, 5) is 4.49. The van der Waals surface area contributed by atoms with E-state index in [-0.39, 0.29) is 0 Å². The van der Waals surface area contributed by atoms with Crippen LogP contribution < -0.4 is 5.32 Å². The molecule has 1 unspecified atom stereocenters. The first-order valence-electron chi connectivity index (χ1n) is 8.05. The van der Waals surface area contributed by atoms with Gasteiger partial charge in [-0.2, -0.15) is 4.98 Å². The molecule has 0 radical (unpaired) electrons. The minimum Gasteiger partial charge on any atom is -0.345 e. The Bertz CT molecular complexity index is 609. The maximum atomic E-state index is 5.35. The zero-order chi connectivity index (χ0) is 14.2. The lowest BCUT2D eigenvalue weighted by atomic mass is 10.1. The minimum absolute atomic E-state index is 0.501. The van der Waals surface area contributed by atoms with Crippen molar-refractivity contribution < 1.29 is 4.52 Å². The van der Waals surface area contributed by atoms with Gasteiger partial charge in [0.1, 0.15) is 6.54 Å². The standard InChI is InChI=1S/C16H22N4O/c1-2-17-15(11-3-4-11)13-7-8-20(9-13)10-14-18-16(19-21-14)12-5-6-12/h7-9,11-12,15,17H,2-6,10H2,1H3. The van der Waals surface area contributed by atoms with Gasteiger partial charge in [-0.25, -0.2) is 0 Å². The Morgan fingerprint density at radius 3 is 2.95 bits per heavy atom. The van der Waals surface area contributed by atoms with Gasteiger partial charge in [0.05, 0.1) is 0 Å². The molecule has 4 rings (SSSR count). The third-order valence-corrected chi connectivity index (χ3v) is 4.39. The third kappa shape index (κ3) is 2.88. The van der Waals surface area contributed by atoms with Gasteiger partial charge in [0, 0.05) is 24.4 Å². The van der Waals surface area contributed by atoms with Crippen LogP contribution in [0, 0.1) is 5.92 Å². The monoisotopic (exact) mass is 286 g/mol. The van der Waals surface area contributed by atoms with Gasteiger partial charge in [-0.05, 0) is 49.8 Å². The maximum absolute atomic E-state index is 5.35. The lowest BCUT2D eigenvalue weighted by molar-refractivity contribution is 0.366. The van der Waals surface area contributed by atoms with E-state index in [1.54, 1.807) is 0 Å². The van der Waals surface area contributed by atoms with E-state index >= 15 is 0 Å². The number of aromatic nitrogens is 3. The zero-order valence-corrected chi connectivity index (χ0v) is 12.5. The predicted molar refractivity (Wildman–Crippen MR) is 78.9 cm³/mol. The van der Waals surface area contributed by atoms with Crippen molar-refractivity contribution in [1.29, 1.82) is 0 Å². The molecule has 112 valence electrons. The quantitative estimate of drug-likeness (QED) is 0.850. The zero-order valence-electron chi connectivity index (χ0n) is 12.5. The van der Waals surface area contributed by atoms with Crippen LogP contribution in [0.4, 0.5) is 0 Å². The maximum Gasteiger partial charge on any atom is 0.246 e. The fourth-order valence-electron chi connectivity index (χ4n) is 2.94. The van der Waals surface area contributed by atoms with Crippen LogP contribution in [0.15, 0.2) is 23.0 Å². The van der Waals surface area contributed by atoms with E-state index in [4.69, 9.17) is 4.52 Å². The van der Waals surface area contributed by atoms with Crippen LogP contribution in [-0.4, -0.2) is 21.3 Å². The number of hydrogen-bond donors (Lipinski definition) is 1. The highest BCUT2D eigenvalue weighted by atomic mass is 16.5. The molecule has 2 fully saturated rings. The first-order valence-corrected chi connectivity index (χ1v) is 8.05. The summed E-state index contributed by atoms with van der Waals surface area (Å²) in [6.45, 7) is 3.86. The van der Waals surface area contributed by atoms with Crippen LogP contribution in [0.2, 0.25) is 0 Å². The van der Waals surface area contributed by atoms with Crippen molar-refractivity contribution >= 4 is 0 Å². The molecule has 2 aliphatic carbocycles. The van der Waals surface area contributed by atoms with E-state index < -0.39 is 0 Å². The topological polar surface area (TPSA) is 55.9 Å². The summed E-state index contributed by atoms with van der Waals surface area (Å²) in [7, 11) is 0. The Hall–Kier alpha value is -1.62. The Kier molecular flexibility index (Phi) is 3.30. The first-order chi connectivity index (χ1) is 10.3. The summed E-state index contributed by atoms with van der Waals surface area (Å²) in [6.07, 6.45) is 9.43. The van der Waals surface area contributed by atoms with Crippen molar-refractivity contribution in [3.05, 3.63) is 35.7 Å². The van der Waals surface area contributed by atoms with Gasteiger partial charge in [0.2, 0.25) is 5.89 Å². The number of nitrogens with zero attached hydrogens (tertiary/aromatic N) is 3. The van der Waals surface area contributed by atoms with E-state index in [0.717, 1.165) is 18.3 Å². The van der Waals surface area contributed by atoms with Gasteiger partial charge in [-0.15, -0.1) is 0 Å². The molecule has 2 aliphatic rings. The van der Waals surface area contributed by atoms with Gasteiger partial charge >= 0.3 is 0 Å². The summed E-state index contributed by atoms with van der Waals surface area (Å²) in [6, 6.07) is 2.71. The molecule has 0 spiro atoms. The van der Waals surface area contributed by atoms with Gasteiger partial charge in [-0.1, -0.05) is 12.1 Å². The van der Waals surface area contributed by atoms with Crippen LogP contribution in [0.5, 0.6) is 0 Å². The lowest BCUT2D eigenvalue weighted by Gasteiger charge is -2.15. The predicted octanol–water partition coefficient (Wildman–Crippen LogP) is 2.86. The second-order valence-electron chi connectivity index (χ2n) is 6.31. The molecule has 0 aliphatic heterocycles. The molecule has 5 heteroatoms. The molecule has 5 nitrogen and oxygen atoms in total. The summed E-state index contributed by atoms with van der Waals surface area (Å²) >= 11 is 0. The largest absolute Gasteiger partial charge is 0.345 e. The molecular formula is C16H22N4O. The molecule has 2 heterocycles. The van der Waals surface area contributed by atoms with Crippen LogP contribution in [0.25, 0.3) is 0 Å². The molecule has 2 aromatic rings. The molecular weight excluding hydrogens is 264 g/mol. The Labute approximate surface area is 124 Å². The Morgan fingerprint density at radius 2 is 2.24 bits per heavy atom. The van der Waals surface area contributed by atoms with Crippen LogP contribution in [0.3, 0.4) is 0 Å².